The van der Waals surface area contributed by atoms with E-state index in [0.717, 1.165) is 44.0 Å². The molecular formula is C21H26N2O2. The summed E-state index contributed by atoms with van der Waals surface area (Å²) in [5.74, 6) is 1.19. The number of para-hydroxylation sites is 1. The lowest BCUT2D eigenvalue weighted by Gasteiger charge is -2.35. The van der Waals surface area contributed by atoms with Crippen molar-refractivity contribution < 1.29 is 9.53 Å². The molecule has 4 heteroatoms. The van der Waals surface area contributed by atoms with E-state index in [2.05, 4.69) is 17.0 Å². The van der Waals surface area contributed by atoms with Gasteiger partial charge in [0.1, 0.15) is 5.75 Å². The van der Waals surface area contributed by atoms with Crippen molar-refractivity contribution in [3.63, 3.8) is 0 Å². The van der Waals surface area contributed by atoms with E-state index in [4.69, 9.17) is 4.74 Å². The normalized spacial score (nSPS) is 15.2. The van der Waals surface area contributed by atoms with Gasteiger partial charge in [-0.3, -0.25) is 9.69 Å². The predicted octanol–water partition coefficient (Wildman–Crippen LogP) is 2.97. The number of ether oxygens (including phenoxy) is 1. The molecule has 0 aliphatic carbocycles. The Kier molecular flexibility index (Phi) is 6.07. The summed E-state index contributed by atoms with van der Waals surface area (Å²) in [6.07, 6.45) is 0.494. The molecule has 132 valence electrons. The maximum Gasteiger partial charge on any atom is 0.227 e. The molecule has 1 saturated heterocycles. The zero-order chi connectivity index (χ0) is 17.5. The van der Waals surface area contributed by atoms with Gasteiger partial charge >= 0.3 is 0 Å². The molecule has 0 N–H and O–H groups in total. The molecule has 0 aromatic heterocycles. The van der Waals surface area contributed by atoms with Crippen molar-refractivity contribution in [2.45, 2.75) is 19.9 Å². The van der Waals surface area contributed by atoms with Crippen LogP contribution in [0.15, 0.2) is 54.6 Å². The summed E-state index contributed by atoms with van der Waals surface area (Å²) in [7, 11) is 0. The molecule has 1 heterocycles. The summed E-state index contributed by atoms with van der Waals surface area (Å²) in [6.45, 7) is 6.95. The maximum atomic E-state index is 12.5. The SMILES string of the molecule is CCOc1ccccc1CN1CCN(C(=O)Cc2ccccc2)CC1. The van der Waals surface area contributed by atoms with E-state index in [0.29, 0.717) is 13.0 Å². The number of amides is 1. The quantitative estimate of drug-likeness (QED) is 0.812. The molecule has 2 aromatic rings. The second kappa shape index (κ2) is 8.67. The van der Waals surface area contributed by atoms with Crippen LogP contribution in [0.1, 0.15) is 18.1 Å². The van der Waals surface area contributed by atoms with Gasteiger partial charge in [0, 0.05) is 38.3 Å². The first kappa shape index (κ1) is 17.5. The Bertz CT molecular complexity index is 679. The first-order valence-corrected chi connectivity index (χ1v) is 9.01. The molecule has 0 unspecified atom stereocenters. The number of piperazine rings is 1. The van der Waals surface area contributed by atoms with Crippen molar-refractivity contribution in [2.75, 3.05) is 32.8 Å². The second-order valence-corrected chi connectivity index (χ2v) is 6.36. The van der Waals surface area contributed by atoms with Gasteiger partial charge in [-0.05, 0) is 18.6 Å². The van der Waals surface area contributed by atoms with E-state index in [-0.39, 0.29) is 5.91 Å². The zero-order valence-corrected chi connectivity index (χ0v) is 14.9. The topological polar surface area (TPSA) is 32.8 Å². The fraction of sp³-hybridized carbons (Fsp3) is 0.381. The molecule has 4 nitrogen and oxygen atoms in total. The average molecular weight is 338 g/mol. The predicted molar refractivity (Wildman–Crippen MR) is 99.6 cm³/mol. The lowest BCUT2D eigenvalue weighted by molar-refractivity contribution is -0.132. The summed E-state index contributed by atoms with van der Waals surface area (Å²) in [4.78, 5) is 16.8. The van der Waals surface area contributed by atoms with E-state index in [1.54, 1.807) is 0 Å². The van der Waals surface area contributed by atoms with Crippen LogP contribution in [0.5, 0.6) is 5.75 Å². The molecule has 25 heavy (non-hydrogen) atoms. The molecule has 0 atom stereocenters. The zero-order valence-electron chi connectivity index (χ0n) is 14.9. The summed E-state index contributed by atoms with van der Waals surface area (Å²) in [5, 5.41) is 0. The number of carbonyl (C=O) groups excluding carboxylic acids is 1. The van der Waals surface area contributed by atoms with E-state index in [9.17, 15) is 4.79 Å². The highest BCUT2D eigenvalue weighted by atomic mass is 16.5. The van der Waals surface area contributed by atoms with Gasteiger partial charge in [-0.15, -0.1) is 0 Å². The first-order chi connectivity index (χ1) is 12.3. The smallest absolute Gasteiger partial charge is 0.227 e. The van der Waals surface area contributed by atoms with Crippen LogP contribution in [0.25, 0.3) is 0 Å². The molecule has 1 aliphatic heterocycles. The molecule has 0 saturated carbocycles. The molecule has 1 fully saturated rings. The Morgan fingerprint density at radius 3 is 2.36 bits per heavy atom. The van der Waals surface area contributed by atoms with Crippen LogP contribution in [0, 0.1) is 0 Å². The average Bonchev–Trinajstić information content (AvgIpc) is 2.65. The number of carbonyl (C=O) groups is 1. The van der Waals surface area contributed by atoms with Crippen LogP contribution in [0.3, 0.4) is 0 Å². The van der Waals surface area contributed by atoms with Crippen LogP contribution in [-0.2, 0) is 17.8 Å². The van der Waals surface area contributed by atoms with Gasteiger partial charge in [0.2, 0.25) is 5.91 Å². The summed E-state index contributed by atoms with van der Waals surface area (Å²) >= 11 is 0. The van der Waals surface area contributed by atoms with Gasteiger partial charge in [-0.1, -0.05) is 48.5 Å². The number of rotatable bonds is 6. The van der Waals surface area contributed by atoms with Crippen LogP contribution >= 0.6 is 0 Å². The van der Waals surface area contributed by atoms with Gasteiger partial charge in [-0.25, -0.2) is 0 Å². The largest absolute Gasteiger partial charge is 0.494 e. The van der Waals surface area contributed by atoms with E-state index in [1.165, 1.54) is 5.56 Å². The second-order valence-electron chi connectivity index (χ2n) is 6.36. The molecular weight excluding hydrogens is 312 g/mol. The van der Waals surface area contributed by atoms with Crippen molar-refractivity contribution >= 4 is 5.91 Å². The monoisotopic (exact) mass is 338 g/mol. The Morgan fingerprint density at radius 1 is 0.960 bits per heavy atom. The number of nitrogens with zero attached hydrogens (tertiary/aromatic N) is 2. The Balaban J connectivity index is 1.51. The van der Waals surface area contributed by atoms with E-state index < -0.39 is 0 Å². The summed E-state index contributed by atoms with van der Waals surface area (Å²) in [6, 6.07) is 18.2. The van der Waals surface area contributed by atoms with Crippen LogP contribution in [0.2, 0.25) is 0 Å². The molecule has 3 rings (SSSR count). The van der Waals surface area contributed by atoms with Gasteiger partial charge in [0.05, 0.1) is 13.0 Å². The van der Waals surface area contributed by atoms with Crippen molar-refractivity contribution in [3.05, 3.63) is 65.7 Å². The van der Waals surface area contributed by atoms with Gasteiger partial charge in [-0.2, -0.15) is 0 Å². The van der Waals surface area contributed by atoms with Crippen LogP contribution in [0.4, 0.5) is 0 Å². The minimum absolute atomic E-state index is 0.223. The van der Waals surface area contributed by atoms with E-state index >= 15 is 0 Å². The summed E-state index contributed by atoms with van der Waals surface area (Å²) in [5.41, 5.74) is 2.30. The van der Waals surface area contributed by atoms with Gasteiger partial charge in [0.15, 0.2) is 0 Å². The fourth-order valence-electron chi connectivity index (χ4n) is 3.21. The third kappa shape index (κ3) is 4.83. The summed E-state index contributed by atoms with van der Waals surface area (Å²) < 4.78 is 5.71. The molecule has 0 spiro atoms. The molecule has 0 radical (unpaired) electrons. The molecule has 1 aliphatic rings. The van der Waals surface area contributed by atoms with Crippen molar-refractivity contribution in [2.24, 2.45) is 0 Å². The highest BCUT2D eigenvalue weighted by molar-refractivity contribution is 5.78. The third-order valence-electron chi connectivity index (χ3n) is 4.59. The lowest BCUT2D eigenvalue weighted by atomic mass is 10.1. The molecule has 0 bridgehead atoms. The third-order valence-corrected chi connectivity index (χ3v) is 4.59. The van der Waals surface area contributed by atoms with Crippen molar-refractivity contribution in [3.8, 4) is 5.75 Å². The van der Waals surface area contributed by atoms with E-state index in [1.807, 2.05) is 54.3 Å². The molecule has 2 aromatic carbocycles. The van der Waals surface area contributed by atoms with Gasteiger partial charge in [0.25, 0.3) is 0 Å². The highest BCUT2D eigenvalue weighted by Crippen LogP contribution is 2.20. The van der Waals surface area contributed by atoms with Crippen LogP contribution < -0.4 is 4.74 Å². The minimum Gasteiger partial charge on any atom is -0.494 e. The lowest BCUT2D eigenvalue weighted by Crippen LogP contribution is -2.48. The minimum atomic E-state index is 0.223. The van der Waals surface area contributed by atoms with Gasteiger partial charge < -0.3 is 9.64 Å². The Labute approximate surface area is 150 Å². The van der Waals surface area contributed by atoms with Crippen molar-refractivity contribution in [1.29, 1.82) is 0 Å². The fourth-order valence-corrected chi connectivity index (χ4v) is 3.21. The maximum absolute atomic E-state index is 12.5. The standard InChI is InChI=1S/C21H26N2O2/c1-2-25-20-11-7-6-10-19(20)17-22-12-14-23(15-13-22)21(24)16-18-8-4-3-5-9-18/h3-11H,2,12-17H2,1H3. The number of hydrogen-bond donors (Lipinski definition) is 0. The number of hydrogen-bond acceptors (Lipinski definition) is 3. The van der Waals surface area contributed by atoms with Crippen LogP contribution in [-0.4, -0.2) is 48.5 Å². The first-order valence-electron chi connectivity index (χ1n) is 9.01. The Hall–Kier alpha value is -2.33. The molecule has 1 amide bonds. The Morgan fingerprint density at radius 2 is 1.64 bits per heavy atom. The highest BCUT2D eigenvalue weighted by Gasteiger charge is 2.21. The van der Waals surface area contributed by atoms with Crippen molar-refractivity contribution in [1.82, 2.24) is 9.80 Å². The number of benzene rings is 2.